The van der Waals surface area contributed by atoms with E-state index < -0.39 is 16.0 Å². The summed E-state index contributed by atoms with van der Waals surface area (Å²) in [6.07, 6.45) is 2.43. The van der Waals surface area contributed by atoms with Gasteiger partial charge >= 0.3 is 5.97 Å². The number of rotatable bonds is 4. The molecule has 3 rings (SSSR count). The highest BCUT2D eigenvalue weighted by Crippen LogP contribution is 2.30. The molecule has 0 N–H and O–H groups in total. The van der Waals surface area contributed by atoms with E-state index in [-0.39, 0.29) is 9.90 Å². The lowest BCUT2D eigenvalue weighted by molar-refractivity contribution is 0.0590. The molecule has 21 heavy (non-hydrogen) atoms. The molecule has 9 heteroatoms. The monoisotopic (exact) mass is 331 g/mol. The number of carbonyl (C=O) groups excluding carboxylic acids is 1. The van der Waals surface area contributed by atoms with Gasteiger partial charge in [-0.05, 0) is 12.8 Å². The SMILES string of the molecule is COC(=O)c1ncsc1S(=O)(=O)N1CCN(C2CC2)CC1. The number of esters is 1. The van der Waals surface area contributed by atoms with Crippen molar-refractivity contribution in [2.24, 2.45) is 0 Å². The second kappa shape index (κ2) is 5.64. The summed E-state index contributed by atoms with van der Waals surface area (Å²) >= 11 is 0.958. The van der Waals surface area contributed by atoms with E-state index in [2.05, 4.69) is 14.6 Å². The summed E-state index contributed by atoms with van der Waals surface area (Å²) in [5.74, 6) is -0.716. The molecule has 0 spiro atoms. The number of ether oxygens (including phenoxy) is 1. The molecule has 0 bridgehead atoms. The molecule has 2 heterocycles. The third-order valence-corrected chi connectivity index (χ3v) is 7.07. The highest BCUT2D eigenvalue weighted by molar-refractivity contribution is 7.91. The van der Waals surface area contributed by atoms with Gasteiger partial charge in [0.05, 0.1) is 12.6 Å². The molecule has 2 fully saturated rings. The van der Waals surface area contributed by atoms with Crippen molar-refractivity contribution in [1.82, 2.24) is 14.2 Å². The number of nitrogens with zero attached hydrogens (tertiary/aromatic N) is 3. The van der Waals surface area contributed by atoms with Gasteiger partial charge in [-0.25, -0.2) is 18.2 Å². The summed E-state index contributed by atoms with van der Waals surface area (Å²) < 4.78 is 31.3. The summed E-state index contributed by atoms with van der Waals surface area (Å²) in [7, 11) is -2.46. The lowest BCUT2D eigenvalue weighted by Crippen LogP contribution is -2.49. The minimum atomic E-state index is -3.67. The predicted molar refractivity (Wildman–Crippen MR) is 76.8 cm³/mol. The molecule has 1 saturated carbocycles. The standard InChI is InChI=1S/C12H17N3O4S2/c1-19-11(16)10-12(20-8-13-10)21(17,18)15-6-4-14(5-7-15)9-2-3-9/h8-9H,2-7H2,1H3. The fraction of sp³-hybridized carbons (Fsp3) is 0.667. The van der Waals surface area contributed by atoms with Gasteiger partial charge in [0.1, 0.15) is 0 Å². The Kier molecular flexibility index (Phi) is 4.00. The van der Waals surface area contributed by atoms with Crippen molar-refractivity contribution in [3.63, 3.8) is 0 Å². The highest BCUT2D eigenvalue weighted by atomic mass is 32.2. The average molecular weight is 331 g/mol. The summed E-state index contributed by atoms with van der Waals surface area (Å²) in [4.78, 5) is 17.8. The van der Waals surface area contributed by atoms with Gasteiger partial charge in [-0.3, -0.25) is 4.90 Å². The summed E-state index contributed by atoms with van der Waals surface area (Å²) in [5, 5.41) is 0. The normalized spacial score (nSPS) is 21.4. The average Bonchev–Trinajstić information content (AvgIpc) is 3.22. The molecule has 1 aliphatic carbocycles. The van der Waals surface area contributed by atoms with Crippen LogP contribution in [-0.4, -0.2) is 67.9 Å². The topological polar surface area (TPSA) is 79.8 Å². The number of carbonyl (C=O) groups is 1. The zero-order valence-corrected chi connectivity index (χ0v) is 13.3. The van der Waals surface area contributed by atoms with Crippen molar-refractivity contribution >= 4 is 27.3 Å². The third kappa shape index (κ3) is 2.83. The Morgan fingerprint density at radius 1 is 1.33 bits per heavy atom. The Bertz CT molecular complexity index is 631. The first-order chi connectivity index (χ1) is 10.0. The number of hydrogen-bond acceptors (Lipinski definition) is 7. The van der Waals surface area contributed by atoms with Crippen molar-refractivity contribution in [2.45, 2.75) is 23.1 Å². The number of thiazole rings is 1. The van der Waals surface area contributed by atoms with Crippen LogP contribution < -0.4 is 0 Å². The van der Waals surface area contributed by atoms with Crippen LogP contribution in [0.5, 0.6) is 0 Å². The Hall–Kier alpha value is -1.03. The molecular formula is C12H17N3O4S2. The van der Waals surface area contributed by atoms with Crippen molar-refractivity contribution in [1.29, 1.82) is 0 Å². The molecule has 2 aliphatic rings. The molecule has 0 unspecified atom stereocenters. The van der Waals surface area contributed by atoms with E-state index in [9.17, 15) is 13.2 Å². The Morgan fingerprint density at radius 3 is 2.57 bits per heavy atom. The maximum Gasteiger partial charge on any atom is 0.358 e. The Balaban J connectivity index is 1.78. The molecule has 0 radical (unpaired) electrons. The van der Waals surface area contributed by atoms with Crippen LogP contribution in [0.15, 0.2) is 9.72 Å². The van der Waals surface area contributed by atoms with Gasteiger partial charge in [0.2, 0.25) is 0 Å². The summed E-state index contributed by atoms with van der Waals surface area (Å²) in [5.41, 5.74) is 1.24. The van der Waals surface area contributed by atoms with Gasteiger partial charge in [-0.15, -0.1) is 11.3 Å². The lowest BCUT2D eigenvalue weighted by Gasteiger charge is -2.33. The number of sulfonamides is 1. The molecule has 0 aromatic carbocycles. The first-order valence-electron chi connectivity index (χ1n) is 6.80. The minimum Gasteiger partial charge on any atom is -0.464 e. The lowest BCUT2D eigenvalue weighted by atomic mass is 10.3. The molecule has 1 saturated heterocycles. The van der Waals surface area contributed by atoms with Crippen LogP contribution in [0, 0.1) is 0 Å². The van der Waals surface area contributed by atoms with Crippen molar-refractivity contribution < 1.29 is 17.9 Å². The van der Waals surface area contributed by atoms with Gasteiger partial charge in [0.25, 0.3) is 10.0 Å². The first-order valence-corrected chi connectivity index (χ1v) is 9.12. The van der Waals surface area contributed by atoms with Crippen LogP contribution in [-0.2, 0) is 14.8 Å². The van der Waals surface area contributed by atoms with Gasteiger partial charge in [-0.2, -0.15) is 4.31 Å². The van der Waals surface area contributed by atoms with Crippen LogP contribution >= 0.6 is 11.3 Å². The van der Waals surface area contributed by atoms with E-state index in [1.165, 1.54) is 29.8 Å². The number of methoxy groups -OCH3 is 1. The Morgan fingerprint density at radius 2 is 2.00 bits per heavy atom. The van der Waals surface area contributed by atoms with Gasteiger partial charge in [0, 0.05) is 32.2 Å². The van der Waals surface area contributed by atoms with E-state index in [4.69, 9.17) is 0 Å². The second-order valence-corrected chi connectivity index (χ2v) is 8.14. The minimum absolute atomic E-state index is 0.0192. The third-order valence-electron chi connectivity index (χ3n) is 3.82. The van der Waals surface area contributed by atoms with E-state index in [0.717, 1.165) is 24.4 Å². The second-order valence-electron chi connectivity index (χ2n) is 5.15. The fourth-order valence-corrected chi connectivity index (χ4v) is 5.21. The molecular weight excluding hydrogens is 314 g/mol. The van der Waals surface area contributed by atoms with Crippen LogP contribution in [0.25, 0.3) is 0 Å². The smallest absolute Gasteiger partial charge is 0.358 e. The molecule has 7 nitrogen and oxygen atoms in total. The largest absolute Gasteiger partial charge is 0.464 e. The number of aromatic nitrogens is 1. The fourth-order valence-electron chi connectivity index (χ4n) is 2.52. The predicted octanol–water partition coefficient (Wildman–Crippen LogP) is 0.398. The van der Waals surface area contributed by atoms with Gasteiger partial charge in [0.15, 0.2) is 9.90 Å². The van der Waals surface area contributed by atoms with E-state index in [1.807, 2.05) is 0 Å². The van der Waals surface area contributed by atoms with Gasteiger partial charge < -0.3 is 4.74 Å². The van der Waals surface area contributed by atoms with Crippen LogP contribution in [0.1, 0.15) is 23.3 Å². The number of hydrogen-bond donors (Lipinski definition) is 0. The van der Waals surface area contributed by atoms with Crippen molar-refractivity contribution in [3.05, 3.63) is 11.2 Å². The maximum atomic E-state index is 12.7. The highest BCUT2D eigenvalue weighted by Gasteiger charge is 2.37. The van der Waals surface area contributed by atoms with Gasteiger partial charge in [-0.1, -0.05) is 0 Å². The number of piperazine rings is 1. The zero-order valence-electron chi connectivity index (χ0n) is 11.7. The first kappa shape index (κ1) is 14.9. The van der Waals surface area contributed by atoms with Crippen molar-refractivity contribution in [2.75, 3.05) is 33.3 Å². The van der Waals surface area contributed by atoms with E-state index >= 15 is 0 Å². The zero-order chi connectivity index (χ0) is 15.0. The molecule has 0 amide bonds. The molecule has 1 aromatic heterocycles. The van der Waals surface area contributed by atoms with Crippen LogP contribution in [0.3, 0.4) is 0 Å². The molecule has 1 aromatic rings. The van der Waals surface area contributed by atoms with E-state index in [0.29, 0.717) is 19.1 Å². The summed E-state index contributed by atoms with van der Waals surface area (Å²) in [6.45, 7) is 2.40. The molecule has 0 atom stereocenters. The molecule has 116 valence electrons. The molecule has 1 aliphatic heterocycles. The summed E-state index contributed by atoms with van der Waals surface area (Å²) in [6, 6.07) is 0.642. The Labute approximate surface area is 127 Å². The maximum absolute atomic E-state index is 12.7. The van der Waals surface area contributed by atoms with E-state index in [1.54, 1.807) is 0 Å². The van der Waals surface area contributed by atoms with Crippen LogP contribution in [0.4, 0.5) is 0 Å². The quantitative estimate of drug-likeness (QED) is 0.743. The van der Waals surface area contributed by atoms with Crippen LogP contribution in [0.2, 0.25) is 0 Å². The van der Waals surface area contributed by atoms with Crippen molar-refractivity contribution in [3.8, 4) is 0 Å².